The monoisotopic (exact) mass is 254 g/mol. The van der Waals surface area contributed by atoms with E-state index in [-0.39, 0.29) is 6.79 Å². The average Bonchev–Trinajstić information content (AvgIpc) is 2.94. The van der Waals surface area contributed by atoms with Crippen molar-refractivity contribution in [1.82, 2.24) is 0 Å². The van der Waals surface area contributed by atoms with E-state index in [1.165, 1.54) is 0 Å². The molecule has 1 aliphatic rings. The summed E-state index contributed by atoms with van der Waals surface area (Å²) < 4.78 is 10.7. The first-order chi connectivity index (χ1) is 9.35. The molecule has 0 aromatic heterocycles. The zero-order valence-electron chi connectivity index (χ0n) is 9.96. The third-order valence-corrected chi connectivity index (χ3v) is 3.06. The van der Waals surface area contributed by atoms with Crippen LogP contribution in [0.4, 0.5) is 0 Å². The number of ether oxygens (including phenoxy) is 2. The van der Waals surface area contributed by atoms with E-state index in [1.54, 1.807) is 30.3 Å². The van der Waals surface area contributed by atoms with Crippen molar-refractivity contribution in [2.24, 2.45) is 0 Å². The summed E-state index contributed by atoms with van der Waals surface area (Å²) in [5.74, 6) is 1.10. The Bertz CT molecular complexity index is 661. The van der Waals surface area contributed by atoms with Crippen LogP contribution in [0.25, 0.3) is 11.1 Å². The fourth-order valence-corrected chi connectivity index (χ4v) is 2.19. The third kappa shape index (κ3) is 1.78. The van der Waals surface area contributed by atoms with Gasteiger partial charge in [0.05, 0.1) is 0 Å². The molecule has 0 unspecified atom stereocenters. The Hall–Kier alpha value is -2.62. The number of carbonyl (C=O) groups excluding carboxylic acids is 2. The average molecular weight is 254 g/mol. The van der Waals surface area contributed by atoms with Gasteiger partial charge in [-0.2, -0.15) is 0 Å². The maximum absolute atomic E-state index is 11.2. The summed E-state index contributed by atoms with van der Waals surface area (Å²) in [7, 11) is 0. The fraction of sp³-hybridized carbons (Fsp3) is 0.0667. The summed E-state index contributed by atoms with van der Waals surface area (Å²) in [6.45, 7) is 0.119. The fourth-order valence-electron chi connectivity index (χ4n) is 2.19. The van der Waals surface area contributed by atoms with Crippen LogP contribution in [0, 0.1) is 0 Å². The van der Waals surface area contributed by atoms with Crippen LogP contribution in [0.3, 0.4) is 0 Å². The molecule has 4 nitrogen and oxygen atoms in total. The minimum absolute atomic E-state index is 0.119. The normalized spacial score (nSPS) is 12.2. The summed E-state index contributed by atoms with van der Waals surface area (Å²) in [6, 6.07) is 10.4. The van der Waals surface area contributed by atoms with Crippen molar-refractivity contribution in [3.8, 4) is 22.6 Å². The topological polar surface area (TPSA) is 52.6 Å². The van der Waals surface area contributed by atoms with Gasteiger partial charge in [0.25, 0.3) is 0 Å². The van der Waals surface area contributed by atoms with E-state index >= 15 is 0 Å². The predicted molar refractivity (Wildman–Crippen MR) is 68.8 cm³/mol. The van der Waals surface area contributed by atoms with E-state index in [4.69, 9.17) is 9.47 Å². The molecule has 0 radical (unpaired) electrons. The van der Waals surface area contributed by atoms with Crippen LogP contribution in [-0.4, -0.2) is 19.4 Å². The van der Waals surface area contributed by atoms with Crippen LogP contribution >= 0.6 is 0 Å². The van der Waals surface area contributed by atoms with Crippen molar-refractivity contribution >= 4 is 12.6 Å². The van der Waals surface area contributed by atoms with Gasteiger partial charge < -0.3 is 9.47 Å². The Labute approximate surface area is 109 Å². The first-order valence-corrected chi connectivity index (χ1v) is 5.77. The molecule has 94 valence electrons. The molecule has 1 heterocycles. The SMILES string of the molecule is O=Cc1ccccc1-c1c(C=O)ccc2c1OCO2. The molecule has 3 rings (SSSR count). The molecule has 0 spiro atoms. The van der Waals surface area contributed by atoms with E-state index in [2.05, 4.69) is 0 Å². The van der Waals surface area contributed by atoms with Crippen molar-refractivity contribution in [3.63, 3.8) is 0 Å². The Kier molecular flexibility index (Phi) is 2.76. The van der Waals surface area contributed by atoms with Gasteiger partial charge in [0, 0.05) is 16.7 Å². The molecule has 1 aliphatic heterocycles. The van der Waals surface area contributed by atoms with Crippen molar-refractivity contribution in [2.45, 2.75) is 0 Å². The number of carbonyl (C=O) groups is 2. The molecule has 0 saturated heterocycles. The number of hydrogen-bond donors (Lipinski definition) is 0. The lowest BCUT2D eigenvalue weighted by atomic mass is 9.95. The van der Waals surface area contributed by atoms with Crippen molar-refractivity contribution in [3.05, 3.63) is 47.5 Å². The maximum Gasteiger partial charge on any atom is 0.231 e. The minimum Gasteiger partial charge on any atom is -0.454 e. The molecule has 0 N–H and O–H groups in total. The van der Waals surface area contributed by atoms with Gasteiger partial charge in [-0.25, -0.2) is 0 Å². The zero-order chi connectivity index (χ0) is 13.2. The highest BCUT2D eigenvalue weighted by atomic mass is 16.7. The lowest BCUT2D eigenvalue weighted by Crippen LogP contribution is -1.96. The van der Waals surface area contributed by atoms with Crippen LogP contribution in [0.15, 0.2) is 36.4 Å². The lowest BCUT2D eigenvalue weighted by molar-refractivity contribution is 0.111. The van der Waals surface area contributed by atoms with Crippen molar-refractivity contribution < 1.29 is 19.1 Å². The van der Waals surface area contributed by atoms with Gasteiger partial charge in [-0.3, -0.25) is 9.59 Å². The lowest BCUT2D eigenvalue weighted by Gasteiger charge is -2.10. The molecule has 0 aliphatic carbocycles. The highest BCUT2D eigenvalue weighted by Gasteiger charge is 2.23. The first-order valence-electron chi connectivity index (χ1n) is 5.77. The van der Waals surface area contributed by atoms with Crippen LogP contribution in [0.1, 0.15) is 20.7 Å². The smallest absolute Gasteiger partial charge is 0.231 e. The van der Waals surface area contributed by atoms with Crippen molar-refractivity contribution in [1.29, 1.82) is 0 Å². The molecule has 4 heteroatoms. The molecule has 2 aromatic carbocycles. The van der Waals surface area contributed by atoms with Crippen LogP contribution < -0.4 is 9.47 Å². The summed E-state index contributed by atoms with van der Waals surface area (Å²) >= 11 is 0. The maximum atomic E-state index is 11.2. The highest BCUT2D eigenvalue weighted by molar-refractivity contribution is 5.97. The Morgan fingerprint density at radius 3 is 2.47 bits per heavy atom. The van der Waals surface area contributed by atoms with E-state index in [0.29, 0.717) is 33.8 Å². The Morgan fingerprint density at radius 1 is 0.895 bits per heavy atom. The largest absolute Gasteiger partial charge is 0.454 e. The number of aldehydes is 2. The van der Waals surface area contributed by atoms with E-state index in [1.807, 2.05) is 6.07 Å². The van der Waals surface area contributed by atoms with E-state index in [0.717, 1.165) is 12.6 Å². The quantitative estimate of drug-likeness (QED) is 0.790. The summed E-state index contributed by atoms with van der Waals surface area (Å²) in [4.78, 5) is 22.4. The van der Waals surface area contributed by atoms with Crippen LogP contribution in [-0.2, 0) is 0 Å². The highest BCUT2D eigenvalue weighted by Crippen LogP contribution is 2.43. The number of hydrogen-bond acceptors (Lipinski definition) is 4. The van der Waals surface area contributed by atoms with Crippen LogP contribution in [0.2, 0.25) is 0 Å². The molecule has 0 atom stereocenters. The van der Waals surface area contributed by atoms with Crippen LogP contribution in [0.5, 0.6) is 11.5 Å². The second-order valence-electron chi connectivity index (χ2n) is 4.09. The van der Waals surface area contributed by atoms with E-state index in [9.17, 15) is 9.59 Å². The van der Waals surface area contributed by atoms with Gasteiger partial charge in [-0.05, 0) is 17.7 Å². The van der Waals surface area contributed by atoms with E-state index < -0.39 is 0 Å². The van der Waals surface area contributed by atoms with Crippen molar-refractivity contribution in [2.75, 3.05) is 6.79 Å². The third-order valence-electron chi connectivity index (χ3n) is 3.06. The standard InChI is InChI=1S/C15H10O4/c16-7-10-3-1-2-4-12(10)14-11(8-17)5-6-13-15(14)19-9-18-13/h1-8H,9H2. The molecule has 19 heavy (non-hydrogen) atoms. The summed E-state index contributed by atoms with van der Waals surface area (Å²) in [6.07, 6.45) is 1.51. The summed E-state index contributed by atoms with van der Waals surface area (Å²) in [5.41, 5.74) is 2.25. The van der Waals surface area contributed by atoms with Gasteiger partial charge in [0.2, 0.25) is 6.79 Å². The molecule has 0 saturated carbocycles. The Balaban J connectivity index is 2.32. The Morgan fingerprint density at radius 2 is 1.68 bits per heavy atom. The molecular weight excluding hydrogens is 244 g/mol. The van der Waals surface area contributed by atoms with Gasteiger partial charge in [0.15, 0.2) is 24.1 Å². The second-order valence-corrected chi connectivity index (χ2v) is 4.09. The predicted octanol–water partition coefficient (Wildman–Crippen LogP) is 2.71. The molecular formula is C15H10O4. The van der Waals surface area contributed by atoms with Gasteiger partial charge in [-0.1, -0.05) is 24.3 Å². The molecule has 2 aromatic rings. The molecule has 0 bridgehead atoms. The van der Waals surface area contributed by atoms with Gasteiger partial charge >= 0.3 is 0 Å². The molecule has 0 fully saturated rings. The number of fused-ring (bicyclic) bond motifs is 1. The second kappa shape index (κ2) is 4.57. The number of rotatable bonds is 3. The van der Waals surface area contributed by atoms with Gasteiger partial charge in [-0.15, -0.1) is 0 Å². The minimum atomic E-state index is 0.119. The first kappa shape index (κ1) is 11.5. The molecule has 0 amide bonds. The van der Waals surface area contributed by atoms with Gasteiger partial charge in [0.1, 0.15) is 0 Å². The number of benzene rings is 2. The zero-order valence-corrected chi connectivity index (χ0v) is 9.96. The summed E-state index contributed by atoms with van der Waals surface area (Å²) in [5, 5.41) is 0.